The second-order valence-corrected chi connectivity index (χ2v) is 5.93. The number of nitrogens with one attached hydrogen (secondary N) is 1. The monoisotopic (exact) mass is 305 g/mol. The first kappa shape index (κ1) is 16.5. The van der Waals surface area contributed by atoms with Crippen molar-refractivity contribution in [3.63, 3.8) is 0 Å². The minimum atomic E-state index is -0.879. The molecule has 1 aliphatic rings. The van der Waals surface area contributed by atoms with Crippen LogP contribution in [0.2, 0.25) is 0 Å². The van der Waals surface area contributed by atoms with Crippen molar-refractivity contribution < 1.29 is 19.4 Å². The van der Waals surface area contributed by atoms with Crippen LogP contribution in [0.4, 0.5) is 0 Å². The third-order valence-electron chi connectivity index (χ3n) is 4.26. The van der Waals surface area contributed by atoms with Gasteiger partial charge in [0, 0.05) is 7.11 Å². The first-order valence-electron chi connectivity index (χ1n) is 7.68. The van der Waals surface area contributed by atoms with E-state index in [1.54, 1.807) is 0 Å². The maximum absolute atomic E-state index is 12.6. The van der Waals surface area contributed by atoms with Crippen LogP contribution < -0.4 is 5.32 Å². The van der Waals surface area contributed by atoms with E-state index in [1.165, 1.54) is 7.11 Å². The van der Waals surface area contributed by atoms with Gasteiger partial charge in [0.15, 0.2) is 6.10 Å². The summed E-state index contributed by atoms with van der Waals surface area (Å²) in [6.07, 6.45) is 3.63. The smallest absolute Gasteiger partial charge is 0.305 e. The standard InChI is InChI=1S/C17H23NO4/c1-22-15(13-8-4-2-5-9-13)16(21)18-17(12-14(19)20)10-6-3-7-11-17/h2,4-5,8-9,15H,3,6-7,10-12H2,1H3,(H,18,21)(H,19,20)/t15-/m0/s1. The lowest BCUT2D eigenvalue weighted by Crippen LogP contribution is -2.52. The van der Waals surface area contributed by atoms with Gasteiger partial charge in [-0.3, -0.25) is 9.59 Å². The fourth-order valence-corrected chi connectivity index (χ4v) is 3.21. The van der Waals surface area contributed by atoms with E-state index in [4.69, 9.17) is 4.74 Å². The molecule has 1 amide bonds. The Balaban J connectivity index is 2.14. The van der Waals surface area contributed by atoms with Gasteiger partial charge in [0.05, 0.1) is 12.0 Å². The molecule has 0 spiro atoms. The van der Waals surface area contributed by atoms with E-state index in [9.17, 15) is 14.7 Å². The number of carbonyl (C=O) groups excluding carboxylic acids is 1. The number of carboxylic acids is 1. The second-order valence-electron chi connectivity index (χ2n) is 5.93. The molecule has 0 unspecified atom stereocenters. The summed E-state index contributed by atoms with van der Waals surface area (Å²) in [7, 11) is 1.49. The molecule has 1 fully saturated rings. The van der Waals surface area contributed by atoms with Crippen molar-refractivity contribution in [2.45, 2.75) is 50.2 Å². The number of amides is 1. The maximum atomic E-state index is 12.6. The van der Waals surface area contributed by atoms with Gasteiger partial charge in [-0.2, -0.15) is 0 Å². The number of carboxylic acid groups (broad SMARTS) is 1. The molecule has 1 aromatic rings. The number of aliphatic carboxylic acids is 1. The highest BCUT2D eigenvalue weighted by Crippen LogP contribution is 2.32. The zero-order valence-electron chi connectivity index (χ0n) is 12.9. The van der Waals surface area contributed by atoms with Crippen molar-refractivity contribution in [2.75, 3.05) is 7.11 Å². The van der Waals surface area contributed by atoms with E-state index in [-0.39, 0.29) is 12.3 Å². The van der Waals surface area contributed by atoms with Gasteiger partial charge in [-0.1, -0.05) is 49.6 Å². The average molecular weight is 305 g/mol. The van der Waals surface area contributed by atoms with Gasteiger partial charge in [0.2, 0.25) is 0 Å². The number of methoxy groups -OCH3 is 1. The van der Waals surface area contributed by atoms with Crippen LogP contribution in [-0.2, 0) is 14.3 Å². The Morgan fingerprint density at radius 1 is 1.23 bits per heavy atom. The molecule has 2 rings (SSSR count). The van der Waals surface area contributed by atoms with E-state index in [1.807, 2.05) is 30.3 Å². The van der Waals surface area contributed by atoms with Crippen LogP contribution in [0.15, 0.2) is 30.3 Å². The molecular weight excluding hydrogens is 282 g/mol. The Kier molecular flexibility index (Phi) is 5.55. The minimum Gasteiger partial charge on any atom is -0.481 e. The third kappa shape index (κ3) is 4.07. The maximum Gasteiger partial charge on any atom is 0.305 e. The predicted molar refractivity (Wildman–Crippen MR) is 82.4 cm³/mol. The van der Waals surface area contributed by atoms with Crippen LogP contribution in [0.3, 0.4) is 0 Å². The SMILES string of the molecule is CO[C@H](C(=O)NC1(CC(=O)O)CCCCC1)c1ccccc1. The fraction of sp³-hybridized carbons (Fsp3) is 0.529. The number of carbonyl (C=O) groups is 2. The van der Waals surface area contributed by atoms with Crippen molar-refractivity contribution in [3.8, 4) is 0 Å². The predicted octanol–water partition coefficient (Wildman–Crippen LogP) is 2.67. The molecule has 1 saturated carbocycles. The number of rotatable bonds is 6. The quantitative estimate of drug-likeness (QED) is 0.847. The molecule has 5 heteroatoms. The van der Waals surface area contributed by atoms with Gasteiger partial charge in [-0.05, 0) is 18.4 Å². The Bertz CT molecular complexity index is 509. The van der Waals surface area contributed by atoms with Crippen LogP contribution in [0.1, 0.15) is 50.2 Å². The van der Waals surface area contributed by atoms with E-state index >= 15 is 0 Å². The lowest BCUT2D eigenvalue weighted by atomic mass is 9.79. The molecule has 0 heterocycles. The number of hydrogen-bond donors (Lipinski definition) is 2. The van der Waals surface area contributed by atoms with Crippen LogP contribution >= 0.6 is 0 Å². The Hall–Kier alpha value is -1.88. The van der Waals surface area contributed by atoms with Gasteiger partial charge in [0.1, 0.15) is 0 Å². The van der Waals surface area contributed by atoms with E-state index in [0.29, 0.717) is 12.8 Å². The highest BCUT2D eigenvalue weighted by atomic mass is 16.5. The van der Waals surface area contributed by atoms with Gasteiger partial charge in [-0.15, -0.1) is 0 Å². The van der Waals surface area contributed by atoms with Crippen LogP contribution in [-0.4, -0.2) is 29.6 Å². The van der Waals surface area contributed by atoms with E-state index in [2.05, 4.69) is 5.32 Å². The zero-order chi connectivity index (χ0) is 16.0. The van der Waals surface area contributed by atoms with Gasteiger partial charge < -0.3 is 15.2 Å². The number of ether oxygens (including phenoxy) is 1. The van der Waals surface area contributed by atoms with Gasteiger partial charge in [-0.25, -0.2) is 0 Å². The summed E-state index contributed by atoms with van der Waals surface area (Å²) < 4.78 is 5.33. The highest BCUT2D eigenvalue weighted by Gasteiger charge is 2.37. The molecular formula is C17H23NO4. The molecule has 5 nitrogen and oxygen atoms in total. The zero-order valence-corrected chi connectivity index (χ0v) is 12.9. The average Bonchev–Trinajstić information content (AvgIpc) is 2.49. The topological polar surface area (TPSA) is 75.6 Å². The molecule has 0 radical (unpaired) electrons. The minimum absolute atomic E-state index is 0.0377. The Labute approximate surface area is 130 Å². The molecule has 1 atom stereocenters. The highest BCUT2D eigenvalue weighted by molar-refractivity contribution is 5.83. The summed E-state index contributed by atoms with van der Waals surface area (Å²) in [6.45, 7) is 0. The first-order chi connectivity index (χ1) is 10.6. The summed E-state index contributed by atoms with van der Waals surface area (Å²) in [5, 5.41) is 12.1. The molecule has 0 bridgehead atoms. The molecule has 0 saturated heterocycles. The summed E-state index contributed by atoms with van der Waals surface area (Å²) in [5.74, 6) is -1.15. The fourth-order valence-electron chi connectivity index (χ4n) is 3.21. The van der Waals surface area contributed by atoms with Crippen LogP contribution in [0, 0.1) is 0 Å². The number of benzene rings is 1. The third-order valence-corrected chi connectivity index (χ3v) is 4.26. The lowest BCUT2D eigenvalue weighted by Gasteiger charge is -2.38. The van der Waals surface area contributed by atoms with Crippen LogP contribution in [0.5, 0.6) is 0 Å². The van der Waals surface area contributed by atoms with E-state index in [0.717, 1.165) is 24.8 Å². The molecule has 0 aromatic heterocycles. The van der Waals surface area contributed by atoms with Crippen molar-refractivity contribution >= 4 is 11.9 Å². The molecule has 0 aliphatic heterocycles. The second kappa shape index (κ2) is 7.40. The van der Waals surface area contributed by atoms with Gasteiger partial charge in [0.25, 0.3) is 5.91 Å². The molecule has 22 heavy (non-hydrogen) atoms. The van der Waals surface area contributed by atoms with Crippen molar-refractivity contribution in [1.82, 2.24) is 5.32 Å². The van der Waals surface area contributed by atoms with Crippen molar-refractivity contribution in [3.05, 3.63) is 35.9 Å². The lowest BCUT2D eigenvalue weighted by molar-refractivity contribution is -0.141. The first-order valence-corrected chi connectivity index (χ1v) is 7.68. The Morgan fingerprint density at radius 2 is 1.86 bits per heavy atom. The summed E-state index contributed by atoms with van der Waals surface area (Å²) >= 11 is 0. The summed E-state index contributed by atoms with van der Waals surface area (Å²) in [5.41, 5.74) is 0.121. The number of hydrogen-bond acceptors (Lipinski definition) is 3. The largest absolute Gasteiger partial charge is 0.481 e. The van der Waals surface area contributed by atoms with Crippen molar-refractivity contribution in [2.24, 2.45) is 0 Å². The summed E-state index contributed by atoms with van der Waals surface area (Å²) in [4.78, 5) is 23.8. The van der Waals surface area contributed by atoms with Gasteiger partial charge >= 0.3 is 5.97 Å². The molecule has 1 aliphatic carbocycles. The summed E-state index contributed by atoms with van der Waals surface area (Å²) in [6, 6.07) is 9.24. The van der Waals surface area contributed by atoms with Crippen LogP contribution in [0.25, 0.3) is 0 Å². The van der Waals surface area contributed by atoms with E-state index < -0.39 is 17.6 Å². The molecule has 120 valence electrons. The Morgan fingerprint density at radius 3 is 2.41 bits per heavy atom. The molecule has 1 aromatic carbocycles. The normalized spacial score (nSPS) is 18.4. The van der Waals surface area contributed by atoms with Crippen molar-refractivity contribution in [1.29, 1.82) is 0 Å². The molecule has 2 N–H and O–H groups in total.